The Morgan fingerprint density at radius 3 is 1.90 bits per heavy atom. The zero-order valence-corrected chi connectivity index (χ0v) is 12.6. The highest BCUT2D eigenvalue weighted by Crippen LogP contribution is 2.27. The predicted molar refractivity (Wildman–Crippen MR) is 91.4 cm³/mol. The summed E-state index contributed by atoms with van der Waals surface area (Å²) in [5.41, 5.74) is 7.89. The maximum Gasteiger partial charge on any atom is -0.0155 e. The van der Waals surface area contributed by atoms with Gasteiger partial charge < -0.3 is 0 Å². The summed E-state index contributed by atoms with van der Waals surface area (Å²) in [4.78, 5) is 0. The molecule has 0 nitrogen and oxygen atoms in total. The minimum Gasteiger partial charge on any atom is -0.0622 e. The number of benzene rings is 3. The Morgan fingerprint density at radius 2 is 1.29 bits per heavy atom. The summed E-state index contributed by atoms with van der Waals surface area (Å²) in [6, 6.07) is 26.1. The first-order valence-electron chi connectivity index (χ1n) is 7.53. The van der Waals surface area contributed by atoms with Gasteiger partial charge in [0.25, 0.3) is 0 Å². The van der Waals surface area contributed by atoms with Crippen molar-refractivity contribution in [1.29, 1.82) is 0 Å². The van der Waals surface area contributed by atoms with Gasteiger partial charge in [-0.3, -0.25) is 0 Å². The smallest absolute Gasteiger partial charge is 0.0155 e. The Morgan fingerprint density at radius 1 is 0.667 bits per heavy atom. The largest absolute Gasteiger partial charge is 0.0622 e. The molecule has 0 N–H and O–H groups in total. The van der Waals surface area contributed by atoms with Crippen LogP contribution in [0.15, 0.2) is 72.8 Å². The fourth-order valence-electron chi connectivity index (χ4n) is 2.74. The number of hydrogen-bond donors (Lipinski definition) is 0. The van der Waals surface area contributed by atoms with Crippen LogP contribution in [0.2, 0.25) is 0 Å². The zero-order chi connectivity index (χ0) is 14.7. The van der Waals surface area contributed by atoms with E-state index in [0.29, 0.717) is 0 Å². The number of aryl methyl sites for hydroxylation is 2. The second-order valence-electron chi connectivity index (χ2n) is 5.45. The Kier molecular flexibility index (Phi) is 3.87. The predicted octanol–water partition coefficient (Wildman–Crippen LogP) is 5.89. The topological polar surface area (TPSA) is 0 Å². The van der Waals surface area contributed by atoms with Crippen molar-refractivity contribution in [3.8, 4) is 22.3 Å². The monoisotopic (exact) mass is 272 g/mol. The summed E-state index contributed by atoms with van der Waals surface area (Å²) in [5.74, 6) is 0. The van der Waals surface area contributed by atoms with E-state index in [4.69, 9.17) is 0 Å². The average Bonchev–Trinajstić information content (AvgIpc) is 2.56. The molecule has 21 heavy (non-hydrogen) atoms. The fraction of sp³-hybridized carbons (Fsp3) is 0.143. The molecule has 0 aliphatic carbocycles. The van der Waals surface area contributed by atoms with Gasteiger partial charge in [-0.1, -0.05) is 79.7 Å². The first-order valence-corrected chi connectivity index (χ1v) is 7.53. The second-order valence-corrected chi connectivity index (χ2v) is 5.45. The van der Waals surface area contributed by atoms with E-state index in [0.717, 1.165) is 6.42 Å². The molecule has 0 aromatic heterocycles. The van der Waals surface area contributed by atoms with Crippen LogP contribution in [0.5, 0.6) is 0 Å². The Balaban J connectivity index is 1.94. The van der Waals surface area contributed by atoms with Crippen molar-refractivity contribution >= 4 is 0 Å². The lowest BCUT2D eigenvalue weighted by atomic mass is 9.96. The molecule has 0 amide bonds. The van der Waals surface area contributed by atoms with Crippen LogP contribution in [-0.2, 0) is 6.42 Å². The lowest BCUT2D eigenvalue weighted by Gasteiger charge is -2.09. The molecule has 0 aliphatic heterocycles. The van der Waals surface area contributed by atoms with E-state index in [1.807, 2.05) is 0 Å². The summed E-state index contributed by atoms with van der Waals surface area (Å²) < 4.78 is 0. The van der Waals surface area contributed by atoms with Gasteiger partial charge in [0.1, 0.15) is 0 Å². The Labute approximate surface area is 127 Å². The van der Waals surface area contributed by atoms with E-state index in [1.165, 1.54) is 33.4 Å². The van der Waals surface area contributed by atoms with Gasteiger partial charge in [-0.25, -0.2) is 0 Å². The molecule has 0 unspecified atom stereocenters. The van der Waals surface area contributed by atoms with E-state index in [9.17, 15) is 0 Å². The highest BCUT2D eigenvalue weighted by molar-refractivity contribution is 5.72. The van der Waals surface area contributed by atoms with Crippen LogP contribution in [0.1, 0.15) is 18.1 Å². The summed E-state index contributed by atoms with van der Waals surface area (Å²) in [7, 11) is 0. The first kappa shape index (κ1) is 13.6. The third-order valence-electron chi connectivity index (χ3n) is 4.00. The van der Waals surface area contributed by atoms with Crippen molar-refractivity contribution in [2.45, 2.75) is 20.3 Å². The lowest BCUT2D eigenvalue weighted by molar-refractivity contribution is 1.13. The van der Waals surface area contributed by atoms with Gasteiger partial charge in [0.2, 0.25) is 0 Å². The van der Waals surface area contributed by atoms with Crippen molar-refractivity contribution in [2.24, 2.45) is 0 Å². The Bertz CT molecular complexity index is 722. The maximum absolute atomic E-state index is 2.29. The van der Waals surface area contributed by atoms with Crippen molar-refractivity contribution in [3.63, 3.8) is 0 Å². The van der Waals surface area contributed by atoms with Gasteiger partial charge in [0.05, 0.1) is 0 Å². The third-order valence-corrected chi connectivity index (χ3v) is 4.00. The molecule has 3 aromatic rings. The molecule has 0 aliphatic rings. The summed E-state index contributed by atoms with van der Waals surface area (Å²) in [5, 5.41) is 0. The van der Waals surface area contributed by atoms with Crippen LogP contribution in [0, 0.1) is 6.92 Å². The van der Waals surface area contributed by atoms with E-state index >= 15 is 0 Å². The molecule has 0 heterocycles. The van der Waals surface area contributed by atoms with E-state index in [-0.39, 0.29) is 0 Å². The number of hydrogen-bond acceptors (Lipinski definition) is 0. The third kappa shape index (κ3) is 2.90. The second kappa shape index (κ2) is 5.97. The number of rotatable bonds is 3. The zero-order valence-electron chi connectivity index (χ0n) is 12.6. The van der Waals surface area contributed by atoms with Crippen LogP contribution in [0.4, 0.5) is 0 Å². The minimum absolute atomic E-state index is 1.09. The Hall–Kier alpha value is -2.34. The molecular formula is C21H20. The standard InChI is InChI=1S/C21H20/c1-3-17-9-14-21(16(2)15-17)20-12-10-19(11-13-20)18-7-5-4-6-8-18/h4-15H,3H2,1-2H3. The van der Waals surface area contributed by atoms with Gasteiger partial charge in [-0.05, 0) is 46.7 Å². The van der Waals surface area contributed by atoms with Crippen molar-refractivity contribution in [1.82, 2.24) is 0 Å². The van der Waals surface area contributed by atoms with Crippen molar-refractivity contribution < 1.29 is 0 Å². The van der Waals surface area contributed by atoms with Gasteiger partial charge in [0.15, 0.2) is 0 Å². The fourth-order valence-corrected chi connectivity index (χ4v) is 2.74. The van der Waals surface area contributed by atoms with E-state index < -0.39 is 0 Å². The van der Waals surface area contributed by atoms with Gasteiger partial charge in [-0.15, -0.1) is 0 Å². The van der Waals surface area contributed by atoms with Crippen LogP contribution < -0.4 is 0 Å². The van der Waals surface area contributed by atoms with Crippen LogP contribution in [0.3, 0.4) is 0 Å². The van der Waals surface area contributed by atoms with E-state index in [1.54, 1.807) is 0 Å². The highest BCUT2D eigenvalue weighted by atomic mass is 14.1. The average molecular weight is 272 g/mol. The molecule has 0 spiro atoms. The van der Waals surface area contributed by atoms with Crippen LogP contribution >= 0.6 is 0 Å². The van der Waals surface area contributed by atoms with Crippen LogP contribution in [-0.4, -0.2) is 0 Å². The normalized spacial score (nSPS) is 10.6. The molecule has 0 bridgehead atoms. The lowest BCUT2D eigenvalue weighted by Crippen LogP contribution is -1.87. The quantitative estimate of drug-likeness (QED) is 0.557. The minimum atomic E-state index is 1.09. The maximum atomic E-state index is 2.29. The van der Waals surface area contributed by atoms with Crippen molar-refractivity contribution in [2.75, 3.05) is 0 Å². The van der Waals surface area contributed by atoms with Crippen molar-refractivity contribution in [3.05, 3.63) is 83.9 Å². The molecule has 104 valence electrons. The summed E-state index contributed by atoms with van der Waals surface area (Å²) in [6.45, 7) is 4.39. The molecule has 0 saturated heterocycles. The van der Waals surface area contributed by atoms with E-state index in [2.05, 4.69) is 86.6 Å². The molecular weight excluding hydrogens is 252 g/mol. The van der Waals surface area contributed by atoms with Gasteiger partial charge >= 0.3 is 0 Å². The molecule has 0 atom stereocenters. The van der Waals surface area contributed by atoms with Crippen LogP contribution in [0.25, 0.3) is 22.3 Å². The van der Waals surface area contributed by atoms with Gasteiger partial charge in [-0.2, -0.15) is 0 Å². The highest BCUT2D eigenvalue weighted by Gasteiger charge is 2.03. The summed E-state index contributed by atoms with van der Waals surface area (Å²) in [6.07, 6.45) is 1.09. The van der Waals surface area contributed by atoms with Gasteiger partial charge in [0, 0.05) is 0 Å². The SMILES string of the molecule is CCc1ccc(-c2ccc(-c3ccccc3)cc2)c(C)c1. The molecule has 0 fully saturated rings. The molecule has 0 radical (unpaired) electrons. The first-order chi connectivity index (χ1) is 10.3. The summed E-state index contributed by atoms with van der Waals surface area (Å²) >= 11 is 0. The molecule has 3 aromatic carbocycles. The molecule has 0 saturated carbocycles. The molecule has 0 heteroatoms. The molecule has 3 rings (SSSR count).